The quantitative estimate of drug-likeness (QED) is 0.738. The van der Waals surface area contributed by atoms with Crippen LogP contribution in [0.2, 0.25) is 0 Å². The number of hydrogen-bond acceptors (Lipinski definition) is 7. The highest BCUT2D eigenvalue weighted by molar-refractivity contribution is 7.14. The Hall–Kier alpha value is -3.01. The molecule has 140 valence electrons. The maximum absolute atomic E-state index is 12.7. The third-order valence-electron chi connectivity index (χ3n) is 4.46. The first-order valence-corrected chi connectivity index (χ1v) is 9.35. The summed E-state index contributed by atoms with van der Waals surface area (Å²) in [5.74, 6) is 0.523. The number of aryl methyl sites for hydroxylation is 2. The first-order valence-electron chi connectivity index (χ1n) is 8.53. The Bertz CT molecular complexity index is 990. The Morgan fingerprint density at radius 2 is 2.15 bits per heavy atom. The molecule has 1 saturated heterocycles. The van der Waals surface area contributed by atoms with E-state index in [1.807, 2.05) is 6.07 Å². The molecule has 0 saturated carbocycles. The Labute approximate surface area is 159 Å². The van der Waals surface area contributed by atoms with Crippen LogP contribution in [0, 0.1) is 6.92 Å². The fraction of sp³-hybridized carbons (Fsp3) is 0.353. The molecule has 0 spiro atoms. The van der Waals surface area contributed by atoms with Gasteiger partial charge in [-0.1, -0.05) is 0 Å². The summed E-state index contributed by atoms with van der Waals surface area (Å²) >= 11 is 1.39. The summed E-state index contributed by atoms with van der Waals surface area (Å²) in [6.07, 6.45) is 3.34. The van der Waals surface area contributed by atoms with Gasteiger partial charge >= 0.3 is 11.8 Å². The first-order chi connectivity index (χ1) is 13.0. The summed E-state index contributed by atoms with van der Waals surface area (Å²) in [5.41, 5.74) is 0. The number of aromatic nitrogens is 4. The monoisotopic (exact) mass is 386 g/mol. The summed E-state index contributed by atoms with van der Waals surface area (Å²) in [6.45, 7) is 2.27. The number of nitrogens with zero attached hydrogens (tertiary/aromatic N) is 5. The summed E-state index contributed by atoms with van der Waals surface area (Å²) in [6, 6.07) is 5.32. The van der Waals surface area contributed by atoms with Gasteiger partial charge in [-0.15, -0.1) is 21.5 Å². The molecule has 27 heavy (non-hydrogen) atoms. The minimum absolute atomic E-state index is 0.00475. The van der Waals surface area contributed by atoms with Crippen molar-refractivity contribution < 1.29 is 14.0 Å². The van der Waals surface area contributed by atoms with E-state index in [1.165, 1.54) is 11.3 Å². The molecule has 1 N–H and O–H groups in total. The van der Waals surface area contributed by atoms with Crippen LogP contribution >= 0.6 is 11.3 Å². The molecule has 3 aromatic heterocycles. The van der Waals surface area contributed by atoms with E-state index < -0.39 is 0 Å². The van der Waals surface area contributed by atoms with Gasteiger partial charge in [0.05, 0.1) is 17.1 Å². The molecule has 0 radical (unpaired) electrons. The lowest BCUT2D eigenvalue weighted by Crippen LogP contribution is -2.30. The van der Waals surface area contributed by atoms with Crippen molar-refractivity contribution in [3.05, 3.63) is 45.9 Å². The largest absolute Gasteiger partial charge is 0.417 e. The van der Waals surface area contributed by atoms with E-state index in [4.69, 9.17) is 4.42 Å². The van der Waals surface area contributed by atoms with Crippen molar-refractivity contribution in [2.45, 2.75) is 25.8 Å². The summed E-state index contributed by atoms with van der Waals surface area (Å²) in [7, 11) is 1.76. The van der Waals surface area contributed by atoms with Crippen molar-refractivity contribution in [2.75, 3.05) is 11.9 Å². The van der Waals surface area contributed by atoms with Crippen LogP contribution in [0.5, 0.6) is 0 Å². The third-order valence-corrected chi connectivity index (χ3v) is 5.65. The van der Waals surface area contributed by atoms with Crippen molar-refractivity contribution in [3.63, 3.8) is 0 Å². The summed E-state index contributed by atoms with van der Waals surface area (Å²) < 4.78 is 6.87. The number of hydrogen-bond donors (Lipinski definition) is 1. The highest BCUT2D eigenvalue weighted by Gasteiger charge is 2.34. The van der Waals surface area contributed by atoms with Crippen molar-refractivity contribution in [2.24, 2.45) is 7.05 Å². The lowest BCUT2D eigenvalue weighted by molar-refractivity contribution is 0.0695. The zero-order valence-corrected chi connectivity index (χ0v) is 15.7. The fourth-order valence-corrected chi connectivity index (χ4v) is 4.19. The summed E-state index contributed by atoms with van der Waals surface area (Å²) in [5, 5.41) is 14.4. The maximum atomic E-state index is 12.7. The van der Waals surface area contributed by atoms with Gasteiger partial charge in [0.2, 0.25) is 5.89 Å². The molecule has 0 aliphatic carbocycles. The molecule has 10 heteroatoms. The number of likely N-dealkylation sites (tertiary alicyclic amines) is 1. The average Bonchev–Trinajstić information content (AvgIpc) is 3.41. The lowest BCUT2D eigenvalue weighted by atomic mass is 10.2. The van der Waals surface area contributed by atoms with Gasteiger partial charge < -0.3 is 14.6 Å². The van der Waals surface area contributed by atoms with Gasteiger partial charge in [-0.05, 0) is 25.0 Å². The SMILES string of the molecule is Cc1nnc(C(=O)N2CCC[C@H]2c2ccc(C(=O)Nc3ccnn3C)s2)o1. The molecule has 9 nitrogen and oxygen atoms in total. The van der Waals surface area contributed by atoms with Crippen LogP contribution in [0.25, 0.3) is 0 Å². The van der Waals surface area contributed by atoms with E-state index in [2.05, 4.69) is 20.6 Å². The maximum Gasteiger partial charge on any atom is 0.311 e. The number of amides is 2. The number of thiophene rings is 1. The molecule has 1 aliphatic rings. The van der Waals surface area contributed by atoms with Crippen molar-refractivity contribution in [1.82, 2.24) is 24.9 Å². The second kappa shape index (κ2) is 6.95. The molecular formula is C17H18N6O3S. The standard InChI is InChI=1S/C17H18N6O3S/c1-10-20-21-16(26-10)17(25)23-9-3-4-11(23)12-5-6-13(27-12)15(24)19-14-7-8-18-22(14)2/h5-8,11H,3-4,9H2,1-2H3,(H,19,24)/t11-/m0/s1. The van der Waals surface area contributed by atoms with Gasteiger partial charge in [-0.3, -0.25) is 14.3 Å². The van der Waals surface area contributed by atoms with Gasteiger partial charge in [0, 0.05) is 31.5 Å². The fourth-order valence-electron chi connectivity index (χ4n) is 3.14. The van der Waals surface area contributed by atoms with Crippen LogP contribution < -0.4 is 5.32 Å². The molecular weight excluding hydrogens is 368 g/mol. The van der Waals surface area contributed by atoms with Crippen LogP contribution in [-0.2, 0) is 7.05 Å². The topological polar surface area (TPSA) is 106 Å². The molecule has 0 unspecified atom stereocenters. The Kier molecular flexibility index (Phi) is 4.48. The van der Waals surface area contributed by atoms with E-state index >= 15 is 0 Å². The predicted molar refractivity (Wildman–Crippen MR) is 97.5 cm³/mol. The van der Waals surface area contributed by atoms with E-state index in [0.717, 1.165) is 17.7 Å². The number of carbonyl (C=O) groups excluding carboxylic acids is 2. The van der Waals surface area contributed by atoms with Crippen LogP contribution in [-0.4, -0.2) is 43.2 Å². The van der Waals surface area contributed by atoms with Crippen LogP contribution in [0.1, 0.15) is 50.0 Å². The molecule has 0 bridgehead atoms. The third kappa shape index (κ3) is 3.35. The zero-order valence-electron chi connectivity index (χ0n) is 14.9. The second-order valence-electron chi connectivity index (χ2n) is 6.28. The molecule has 2 amide bonds. The number of nitrogens with one attached hydrogen (secondary N) is 1. The van der Waals surface area contributed by atoms with E-state index in [0.29, 0.717) is 23.1 Å². The second-order valence-corrected chi connectivity index (χ2v) is 7.39. The number of carbonyl (C=O) groups is 2. The first kappa shape index (κ1) is 17.4. The van der Waals surface area contributed by atoms with E-state index in [9.17, 15) is 9.59 Å². The minimum atomic E-state index is -0.271. The summed E-state index contributed by atoms with van der Waals surface area (Å²) in [4.78, 5) is 28.4. The number of anilines is 1. The molecule has 1 atom stereocenters. The van der Waals surface area contributed by atoms with Crippen LogP contribution in [0.3, 0.4) is 0 Å². The molecule has 1 aliphatic heterocycles. The van der Waals surface area contributed by atoms with Crippen molar-refractivity contribution in [3.8, 4) is 0 Å². The Morgan fingerprint density at radius 3 is 2.85 bits per heavy atom. The molecule has 0 aromatic carbocycles. The van der Waals surface area contributed by atoms with Crippen molar-refractivity contribution in [1.29, 1.82) is 0 Å². The molecule has 3 aromatic rings. The van der Waals surface area contributed by atoms with E-state index in [1.54, 1.807) is 41.9 Å². The van der Waals surface area contributed by atoms with Gasteiger partial charge in [-0.25, -0.2) is 0 Å². The zero-order chi connectivity index (χ0) is 19.0. The minimum Gasteiger partial charge on any atom is -0.417 e. The van der Waals surface area contributed by atoms with Gasteiger partial charge in [0.1, 0.15) is 5.82 Å². The average molecular weight is 386 g/mol. The smallest absolute Gasteiger partial charge is 0.311 e. The normalized spacial score (nSPS) is 16.7. The predicted octanol–water partition coefficient (Wildman–Crippen LogP) is 2.40. The number of rotatable bonds is 4. The van der Waals surface area contributed by atoms with E-state index in [-0.39, 0.29) is 23.7 Å². The highest BCUT2D eigenvalue weighted by Crippen LogP contribution is 2.36. The molecule has 1 fully saturated rings. The van der Waals surface area contributed by atoms with Crippen LogP contribution in [0.15, 0.2) is 28.8 Å². The highest BCUT2D eigenvalue weighted by atomic mass is 32.1. The van der Waals surface area contributed by atoms with Crippen LogP contribution in [0.4, 0.5) is 5.82 Å². The lowest BCUT2D eigenvalue weighted by Gasteiger charge is -2.22. The molecule has 4 heterocycles. The van der Waals surface area contributed by atoms with Gasteiger partial charge in [-0.2, -0.15) is 5.10 Å². The Balaban J connectivity index is 1.51. The van der Waals surface area contributed by atoms with Gasteiger partial charge in [0.15, 0.2) is 0 Å². The Morgan fingerprint density at radius 1 is 1.30 bits per heavy atom. The van der Waals surface area contributed by atoms with Crippen molar-refractivity contribution >= 4 is 29.0 Å². The molecule has 4 rings (SSSR count). The van der Waals surface area contributed by atoms with Gasteiger partial charge in [0.25, 0.3) is 5.91 Å².